The number of hydrogen-bond acceptors (Lipinski definition) is 3. The van der Waals surface area contributed by atoms with Crippen molar-refractivity contribution in [1.82, 2.24) is 4.72 Å². The molecule has 0 spiro atoms. The highest BCUT2D eigenvalue weighted by Gasteiger charge is 2.44. The summed E-state index contributed by atoms with van der Waals surface area (Å²) in [6.45, 7) is 8.21. The number of sulfonamides is 1. The minimum Gasteiger partial charge on any atom is -0.372 e. The van der Waals surface area contributed by atoms with Gasteiger partial charge in [0.05, 0.1) is 4.90 Å². The van der Waals surface area contributed by atoms with Crippen LogP contribution in [0.15, 0.2) is 59.5 Å². The van der Waals surface area contributed by atoms with Gasteiger partial charge in [-0.15, -0.1) is 0 Å². The lowest BCUT2D eigenvalue weighted by atomic mass is 9.72. The average Bonchev–Trinajstić information content (AvgIpc) is 2.56. The summed E-state index contributed by atoms with van der Waals surface area (Å²) >= 11 is 0. The third-order valence-corrected chi connectivity index (χ3v) is 6.06. The van der Waals surface area contributed by atoms with Crippen LogP contribution in [0.25, 0.3) is 0 Å². The molecule has 0 aromatic heterocycles. The largest absolute Gasteiger partial charge is 0.372 e. The lowest BCUT2D eigenvalue weighted by molar-refractivity contribution is -0.0936. The summed E-state index contributed by atoms with van der Waals surface area (Å²) in [4.78, 5) is 0.255. The molecular formula is C20H27NO3S. The molecule has 4 nitrogen and oxygen atoms in total. The minimum absolute atomic E-state index is 0.146. The fourth-order valence-corrected chi connectivity index (χ4v) is 4.06. The van der Waals surface area contributed by atoms with Crippen LogP contribution in [0.5, 0.6) is 0 Å². The lowest BCUT2D eigenvalue weighted by Gasteiger charge is -2.44. The first-order valence-electron chi connectivity index (χ1n) is 8.29. The first-order chi connectivity index (χ1) is 11.6. The molecule has 0 aliphatic rings. The molecule has 0 aliphatic heterocycles. The fraction of sp³-hybridized carbons (Fsp3) is 0.400. The highest BCUT2D eigenvalue weighted by Crippen LogP contribution is 2.42. The zero-order chi connectivity index (χ0) is 18.7. The molecule has 0 amide bonds. The van der Waals surface area contributed by atoms with E-state index in [1.807, 2.05) is 58.0 Å². The van der Waals surface area contributed by atoms with Crippen molar-refractivity contribution in [2.75, 3.05) is 13.7 Å². The van der Waals surface area contributed by atoms with Gasteiger partial charge < -0.3 is 4.74 Å². The Labute approximate surface area is 151 Å². The van der Waals surface area contributed by atoms with Crippen LogP contribution < -0.4 is 4.72 Å². The van der Waals surface area contributed by atoms with Crippen LogP contribution in [0.2, 0.25) is 0 Å². The van der Waals surface area contributed by atoms with Gasteiger partial charge in [0, 0.05) is 13.7 Å². The van der Waals surface area contributed by atoms with E-state index in [-0.39, 0.29) is 16.9 Å². The van der Waals surface area contributed by atoms with Crippen LogP contribution in [0.3, 0.4) is 0 Å². The van der Waals surface area contributed by atoms with E-state index in [0.29, 0.717) is 0 Å². The number of hydrogen-bond donors (Lipinski definition) is 1. The van der Waals surface area contributed by atoms with Gasteiger partial charge in [0.15, 0.2) is 0 Å². The van der Waals surface area contributed by atoms with Crippen LogP contribution in [-0.4, -0.2) is 22.1 Å². The van der Waals surface area contributed by atoms with Crippen LogP contribution in [0.1, 0.15) is 31.9 Å². The van der Waals surface area contributed by atoms with Crippen LogP contribution in [-0.2, 0) is 20.4 Å². The summed E-state index contributed by atoms with van der Waals surface area (Å²) in [5.41, 5.74) is 0.853. The van der Waals surface area contributed by atoms with E-state index in [0.717, 1.165) is 11.1 Å². The van der Waals surface area contributed by atoms with Gasteiger partial charge in [-0.2, -0.15) is 0 Å². The SMILES string of the molecule is COC(CNS(=O)(=O)c1ccc(C)cc1)(c1ccccc1)C(C)(C)C. The third kappa shape index (κ3) is 4.11. The molecule has 2 rings (SSSR count). The molecule has 0 fully saturated rings. The highest BCUT2D eigenvalue weighted by molar-refractivity contribution is 7.89. The molecule has 1 unspecified atom stereocenters. The first-order valence-corrected chi connectivity index (χ1v) is 9.78. The molecule has 136 valence electrons. The van der Waals surface area contributed by atoms with Gasteiger partial charge in [0.1, 0.15) is 5.60 Å². The predicted molar refractivity (Wildman–Crippen MR) is 101 cm³/mol. The number of methoxy groups -OCH3 is 1. The zero-order valence-electron chi connectivity index (χ0n) is 15.5. The second kappa shape index (κ2) is 7.28. The highest BCUT2D eigenvalue weighted by atomic mass is 32.2. The summed E-state index contributed by atoms with van der Waals surface area (Å²) in [5, 5.41) is 0. The molecular weight excluding hydrogens is 334 g/mol. The van der Waals surface area contributed by atoms with Crippen molar-refractivity contribution >= 4 is 10.0 Å². The smallest absolute Gasteiger partial charge is 0.240 e. The van der Waals surface area contributed by atoms with Crippen molar-refractivity contribution in [2.45, 2.75) is 38.2 Å². The topological polar surface area (TPSA) is 55.4 Å². The van der Waals surface area contributed by atoms with Crippen LogP contribution in [0.4, 0.5) is 0 Å². The summed E-state index contributed by atoms with van der Waals surface area (Å²) < 4.78 is 34.0. The monoisotopic (exact) mass is 361 g/mol. The normalized spacial score (nSPS) is 14.9. The molecule has 1 atom stereocenters. The van der Waals surface area contributed by atoms with E-state index < -0.39 is 15.6 Å². The molecule has 0 saturated heterocycles. The van der Waals surface area contributed by atoms with Crippen molar-refractivity contribution in [1.29, 1.82) is 0 Å². The van der Waals surface area contributed by atoms with E-state index in [1.165, 1.54) is 0 Å². The van der Waals surface area contributed by atoms with Gasteiger partial charge >= 0.3 is 0 Å². The maximum atomic E-state index is 12.7. The molecule has 2 aromatic rings. The summed E-state index contributed by atoms with van der Waals surface area (Å²) in [6.07, 6.45) is 0. The standard InChI is InChI=1S/C20H27NO3S/c1-16-11-13-18(14-12-16)25(22,23)21-15-20(24-5,19(2,3)4)17-9-7-6-8-10-17/h6-14,21H,15H2,1-5H3. The Bertz CT molecular complexity index is 793. The van der Waals surface area contributed by atoms with Crippen LogP contribution >= 0.6 is 0 Å². The number of rotatable bonds is 6. The zero-order valence-corrected chi connectivity index (χ0v) is 16.4. The molecule has 0 heterocycles. The van der Waals surface area contributed by atoms with E-state index in [1.54, 1.807) is 31.4 Å². The molecule has 0 bridgehead atoms. The second-order valence-electron chi connectivity index (χ2n) is 7.28. The number of aryl methyl sites for hydroxylation is 1. The minimum atomic E-state index is -3.62. The number of nitrogens with one attached hydrogen (secondary N) is 1. The summed E-state index contributed by atoms with van der Waals surface area (Å²) in [5.74, 6) is 0. The van der Waals surface area contributed by atoms with Crippen molar-refractivity contribution in [3.63, 3.8) is 0 Å². The first kappa shape index (κ1) is 19.6. The van der Waals surface area contributed by atoms with Gasteiger partial charge in [-0.05, 0) is 30.0 Å². The fourth-order valence-electron chi connectivity index (χ4n) is 3.00. The molecule has 2 aromatic carbocycles. The molecule has 0 radical (unpaired) electrons. The van der Waals surface area contributed by atoms with Gasteiger partial charge in [0.25, 0.3) is 0 Å². The van der Waals surface area contributed by atoms with Crippen molar-refractivity contribution in [2.24, 2.45) is 5.41 Å². The van der Waals surface area contributed by atoms with Gasteiger partial charge in [-0.1, -0.05) is 68.8 Å². The van der Waals surface area contributed by atoms with Crippen molar-refractivity contribution in [3.8, 4) is 0 Å². The average molecular weight is 362 g/mol. The second-order valence-corrected chi connectivity index (χ2v) is 9.05. The maximum absolute atomic E-state index is 12.7. The molecule has 25 heavy (non-hydrogen) atoms. The van der Waals surface area contributed by atoms with Crippen molar-refractivity contribution in [3.05, 3.63) is 65.7 Å². The number of ether oxygens (including phenoxy) is 1. The predicted octanol–water partition coefficient (Wildman–Crippen LogP) is 3.86. The van der Waals surface area contributed by atoms with Crippen LogP contribution in [0, 0.1) is 12.3 Å². The van der Waals surface area contributed by atoms with Gasteiger partial charge in [-0.25, -0.2) is 13.1 Å². The van der Waals surface area contributed by atoms with E-state index in [4.69, 9.17) is 4.74 Å². The molecule has 0 saturated carbocycles. The Hall–Kier alpha value is -1.69. The maximum Gasteiger partial charge on any atom is 0.240 e. The van der Waals surface area contributed by atoms with Gasteiger partial charge in [-0.3, -0.25) is 0 Å². The molecule has 0 aliphatic carbocycles. The van der Waals surface area contributed by atoms with Crippen molar-refractivity contribution < 1.29 is 13.2 Å². The molecule has 5 heteroatoms. The Morgan fingerprint density at radius 1 is 0.960 bits per heavy atom. The Kier molecular flexibility index (Phi) is 5.72. The quantitative estimate of drug-likeness (QED) is 0.850. The van der Waals surface area contributed by atoms with E-state index in [9.17, 15) is 8.42 Å². The van der Waals surface area contributed by atoms with Gasteiger partial charge in [0.2, 0.25) is 10.0 Å². The summed E-state index contributed by atoms with van der Waals surface area (Å²) in [7, 11) is -2.00. The Morgan fingerprint density at radius 2 is 1.52 bits per heavy atom. The lowest BCUT2D eigenvalue weighted by Crippen LogP contribution is -2.50. The van der Waals surface area contributed by atoms with E-state index in [2.05, 4.69) is 4.72 Å². The third-order valence-electron chi connectivity index (χ3n) is 4.64. The Morgan fingerprint density at radius 3 is 2.00 bits per heavy atom. The van der Waals surface area contributed by atoms with E-state index >= 15 is 0 Å². The molecule has 1 N–H and O–H groups in total. The number of benzene rings is 2. The summed E-state index contributed by atoms with van der Waals surface area (Å²) in [6, 6.07) is 16.6. The Balaban J connectivity index is 2.37.